The third kappa shape index (κ3) is 5.75. The van der Waals surface area contributed by atoms with Gasteiger partial charge in [0.15, 0.2) is 0 Å². The molecule has 0 aliphatic carbocycles. The molecule has 0 aromatic heterocycles. The summed E-state index contributed by atoms with van der Waals surface area (Å²) in [5.74, 6) is -0.968. The largest absolute Gasteiger partial charge is 0.480 e. The Labute approximate surface area is 104 Å². The second-order valence-corrected chi connectivity index (χ2v) is 3.61. The van der Waals surface area contributed by atoms with Crippen molar-refractivity contribution in [3.05, 3.63) is 46.5 Å². The molecule has 1 rings (SSSR count). The third-order valence-electron chi connectivity index (χ3n) is 1.58. The topological polar surface area (TPSA) is 63.3 Å². The average molecular weight is 262 g/mol. The van der Waals surface area contributed by atoms with E-state index < -0.39 is 5.97 Å². The first-order chi connectivity index (χ1) is 7.52. The van der Waals surface area contributed by atoms with Gasteiger partial charge in [0.05, 0.1) is 6.54 Å². The maximum atomic E-state index is 9.24. The Morgan fingerprint density at radius 2 is 1.88 bits per heavy atom. The number of rotatable bonds is 3. The number of carboxylic acid groups (broad SMARTS) is 1. The molecule has 1 aromatic carbocycles. The molecule has 0 radical (unpaired) electrons. The van der Waals surface area contributed by atoms with Crippen LogP contribution in [0.4, 0.5) is 0 Å². The summed E-state index contributed by atoms with van der Waals surface area (Å²) in [6, 6.07) is 5.48. The number of carboxylic acids is 1. The number of hydrogen-bond donors (Lipinski definition) is 2. The minimum Gasteiger partial charge on any atom is -0.480 e. The molecule has 16 heavy (non-hydrogen) atoms. The predicted octanol–water partition coefficient (Wildman–Crippen LogP) is 2.75. The molecule has 0 saturated carbocycles. The summed E-state index contributed by atoms with van der Waals surface area (Å²) in [5.41, 5.74) is 5.52. The zero-order chi connectivity index (χ0) is 12.6. The fourth-order valence-corrected chi connectivity index (χ4v) is 1.42. The number of aliphatic carboxylic acids is 1. The smallest absolute Gasteiger partial charge is 0.317 e. The lowest BCUT2D eigenvalue weighted by Gasteiger charge is -2.01. The van der Waals surface area contributed by atoms with Crippen LogP contribution in [0.25, 0.3) is 0 Å². The van der Waals surface area contributed by atoms with Crippen LogP contribution in [0.2, 0.25) is 10.0 Å². The molecular weight excluding hydrogens is 249 g/mol. The van der Waals surface area contributed by atoms with Gasteiger partial charge in [0, 0.05) is 10.0 Å². The molecule has 0 spiro atoms. The number of nitrogens with two attached hydrogens (primary N) is 1. The number of hydrogen-bond acceptors (Lipinski definition) is 2. The van der Waals surface area contributed by atoms with Gasteiger partial charge in [-0.3, -0.25) is 4.79 Å². The van der Waals surface area contributed by atoms with Crippen molar-refractivity contribution < 1.29 is 9.90 Å². The monoisotopic (exact) mass is 261 g/mol. The van der Waals surface area contributed by atoms with E-state index in [-0.39, 0.29) is 6.54 Å². The molecule has 0 bridgehead atoms. The van der Waals surface area contributed by atoms with Gasteiger partial charge in [0.25, 0.3) is 0 Å². The van der Waals surface area contributed by atoms with Crippen molar-refractivity contribution in [3.8, 4) is 0 Å². The molecule has 3 nitrogen and oxygen atoms in total. The van der Waals surface area contributed by atoms with Crippen molar-refractivity contribution in [2.45, 2.75) is 6.42 Å². The molecule has 0 aliphatic rings. The highest BCUT2D eigenvalue weighted by Gasteiger charge is 2.01. The first kappa shape index (κ1) is 15.0. The van der Waals surface area contributed by atoms with Crippen LogP contribution in [0.3, 0.4) is 0 Å². The molecular formula is C11H13Cl2NO2. The van der Waals surface area contributed by atoms with Gasteiger partial charge in [-0.1, -0.05) is 35.3 Å². The standard InChI is InChI=1S/C9H8Cl2.C2H5NO2/c1-2-4-7-8(10)5-3-6-9(7)11;3-1-2(4)5/h2-3,5-6H,1,4H2;1,3H2,(H,4,5). The van der Waals surface area contributed by atoms with Gasteiger partial charge < -0.3 is 10.8 Å². The molecule has 0 saturated heterocycles. The molecule has 0 amide bonds. The Bertz CT molecular complexity index is 347. The Morgan fingerprint density at radius 3 is 2.19 bits per heavy atom. The molecule has 0 heterocycles. The van der Waals surface area contributed by atoms with E-state index in [0.717, 1.165) is 12.0 Å². The molecule has 88 valence electrons. The third-order valence-corrected chi connectivity index (χ3v) is 2.29. The van der Waals surface area contributed by atoms with Gasteiger partial charge in [-0.25, -0.2) is 0 Å². The summed E-state index contributed by atoms with van der Waals surface area (Å²) in [5, 5.41) is 9.01. The van der Waals surface area contributed by atoms with Gasteiger partial charge in [0.2, 0.25) is 0 Å². The fourth-order valence-electron chi connectivity index (χ4n) is 0.872. The molecule has 3 N–H and O–H groups in total. The normalized spacial score (nSPS) is 8.94. The highest BCUT2D eigenvalue weighted by molar-refractivity contribution is 6.36. The van der Waals surface area contributed by atoms with Crippen molar-refractivity contribution in [3.63, 3.8) is 0 Å². The van der Waals surface area contributed by atoms with Crippen molar-refractivity contribution >= 4 is 29.2 Å². The lowest BCUT2D eigenvalue weighted by molar-refractivity contribution is -0.135. The van der Waals surface area contributed by atoms with Gasteiger partial charge in [-0.15, -0.1) is 6.58 Å². The van der Waals surface area contributed by atoms with Crippen LogP contribution in [0, 0.1) is 0 Å². The molecule has 0 aliphatic heterocycles. The minimum absolute atomic E-state index is 0.278. The van der Waals surface area contributed by atoms with Crippen LogP contribution >= 0.6 is 23.2 Å². The van der Waals surface area contributed by atoms with E-state index in [1.54, 1.807) is 6.08 Å². The van der Waals surface area contributed by atoms with E-state index in [1.165, 1.54) is 0 Å². The maximum absolute atomic E-state index is 9.24. The van der Waals surface area contributed by atoms with Crippen LogP contribution in [0.1, 0.15) is 5.56 Å². The number of carbonyl (C=O) groups is 1. The fraction of sp³-hybridized carbons (Fsp3) is 0.182. The molecule has 0 atom stereocenters. The van der Waals surface area contributed by atoms with E-state index in [1.807, 2.05) is 18.2 Å². The van der Waals surface area contributed by atoms with E-state index >= 15 is 0 Å². The van der Waals surface area contributed by atoms with Crippen LogP contribution < -0.4 is 5.73 Å². The van der Waals surface area contributed by atoms with Gasteiger partial charge in [0.1, 0.15) is 0 Å². The second kappa shape index (κ2) is 8.16. The van der Waals surface area contributed by atoms with Crippen molar-refractivity contribution in [1.29, 1.82) is 0 Å². The van der Waals surface area contributed by atoms with Gasteiger partial charge in [-0.2, -0.15) is 0 Å². The Morgan fingerprint density at radius 1 is 1.44 bits per heavy atom. The lowest BCUT2D eigenvalue weighted by atomic mass is 10.1. The molecule has 1 aromatic rings. The lowest BCUT2D eigenvalue weighted by Crippen LogP contribution is -2.10. The van der Waals surface area contributed by atoms with Crippen LogP contribution in [-0.2, 0) is 11.2 Å². The van der Waals surface area contributed by atoms with E-state index in [9.17, 15) is 4.79 Å². The SMILES string of the molecule is C=CCc1c(Cl)cccc1Cl.NCC(=O)O. The number of benzene rings is 1. The van der Waals surface area contributed by atoms with E-state index in [2.05, 4.69) is 12.3 Å². The summed E-state index contributed by atoms with van der Waals surface area (Å²) in [6.45, 7) is 3.34. The summed E-state index contributed by atoms with van der Waals surface area (Å²) < 4.78 is 0. The number of halogens is 2. The quantitative estimate of drug-likeness (QED) is 0.823. The van der Waals surface area contributed by atoms with Crippen LogP contribution in [0.5, 0.6) is 0 Å². The van der Waals surface area contributed by atoms with Gasteiger partial charge >= 0.3 is 5.97 Å². The summed E-state index contributed by atoms with van der Waals surface area (Å²) in [7, 11) is 0. The van der Waals surface area contributed by atoms with Crippen molar-refractivity contribution in [1.82, 2.24) is 0 Å². The number of allylic oxidation sites excluding steroid dienone is 1. The van der Waals surface area contributed by atoms with Crippen molar-refractivity contribution in [2.75, 3.05) is 6.54 Å². The van der Waals surface area contributed by atoms with Crippen molar-refractivity contribution in [2.24, 2.45) is 5.73 Å². The molecule has 0 unspecified atom stereocenters. The Balaban J connectivity index is 0.000000385. The molecule has 5 heteroatoms. The highest BCUT2D eigenvalue weighted by Crippen LogP contribution is 2.24. The first-order valence-electron chi connectivity index (χ1n) is 4.48. The molecule has 0 fully saturated rings. The average Bonchev–Trinajstić information content (AvgIpc) is 2.24. The first-order valence-corrected chi connectivity index (χ1v) is 5.24. The van der Waals surface area contributed by atoms with Crippen LogP contribution in [-0.4, -0.2) is 17.6 Å². The zero-order valence-electron chi connectivity index (χ0n) is 8.62. The van der Waals surface area contributed by atoms with E-state index in [4.69, 9.17) is 28.3 Å². The Hall–Kier alpha value is -1.03. The second-order valence-electron chi connectivity index (χ2n) is 2.79. The minimum atomic E-state index is -0.968. The van der Waals surface area contributed by atoms with Gasteiger partial charge in [-0.05, 0) is 24.1 Å². The predicted molar refractivity (Wildman–Crippen MR) is 67.1 cm³/mol. The summed E-state index contributed by atoms with van der Waals surface area (Å²) >= 11 is 11.8. The summed E-state index contributed by atoms with van der Waals surface area (Å²) in [6.07, 6.45) is 2.51. The van der Waals surface area contributed by atoms with Crippen LogP contribution in [0.15, 0.2) is 30.9 Å². The summed E-state index contributed by atoms with van der Waals surface area (Å²) in [4.78, 5) is 9.24. The highest BCUT2D eigenvalue weighted by atomic mass is 35.5. The zero-order valence-corrected chi connectivity index (χ0v) is 10.1. The van der Waals surface area contributed by atoms with E-state index in [0.29, 0.717) is 10.0 Å². The maximum Gasteiger partial charge on any atom is 0.317 e. The Kier molecular flexibility index (Phi) is 7.64.